The van der Waals surface area contributed by atoms with Gasteiger partial charge in [-0.3, -0.25) is 4.79 Å². The highest BCUT2D eigenvalue weighted by molar-refractivity contribution is 5.78. The predicted molar refractivity (Wildman–Crippen MR) is 73.2 cm³/mol. The molecule has 2 atom stereocenters. The second kappa shape index (κ2) is 5.99. The number of hydrogen-bond acceptors (Lipinski definition) is 5. The number of nitrogens with zero attached hydrogens (tertiary/aromatic N) is 1. The second-order valence-corrected chi connectivity index (χ2v) is 6.33. The quantitative estimate of drug-likeness (QED) is 0.780. The molecule has 1 fully saturated rings. The number of aliphatic hydroxyl groups excluding tert-OH is 1. The van der Waals surface area contributed by atoms with Crippen molar-refractivity contribution in [3.8, 4) is 0 Å². The number of ether oxygens (including phenoxy) is 2. The average Bonchev–Trinajstić information content (AvgIpc) is 2.30. The number of hydrogen-bond donors (Lipinski definition) is 1. The minimum absolute atomic E-state index is 0.0736. The zero-order valence-electron chi connectivity index (χ0n) is 12.9. The summed E-state index contributed by atoms with van der Waals surface area (Å²) in [5.41, 5.74) is -1.54. The van der Waals surface area contributed by atoms with Crippen LogP contribution in [0.25, 0.3) is 0 Å². The molecule has 1 aliphatic heterocycles. The minimum Gasteiger partial charge on any atom is -0.465 e. The Hall–Kier alpha value is -1.30. The summed E-state index contributed by atoms with van der Waals surface area (Å²) in [4.78, 5) is 25.3. The largest absolute Gasteiger partial charge is 0.465 e. The van der Waals surface area contributed by atoms with Crippen molar-refractivity contribution in [2.24, 2.45) is 5.41 Å². The summed E-state index contributed by atoms with van der Waals surface area (Å²) in [5, 5.41) is 10.2. The number of piperidine rings is 1. The maximum absolute atomic E-state index is 11.9. The first kappa shape index (κ1) is 16.8. The van der Waals surface area contributed by atoms with E-state index in [-0.39, 0.29) is 13.2 Å². The topological polar surface area (TPSA) is 76.1 Å². The van der Waals surface area contributed by atoms with Gasteiger partial charge in [-0.25, -0.2) is 4.79 Å². The molecule has 0 unspecified atom stereocenters. The molecule has 1 aliphatic rings. The van der Waals surface area contributed by atoms with E-state index in [1.165, 1.54) is 4.90 Å². The monoisotopic (exact) mass is 287 g/mol. The molecule has 1 saturated heterocycles. The van der Waals surface area contributed by atoms with Crippen LogP contribution in [-0.4, -0.2) is 53.5 Å². The lowest BCUT2D eigenvalue weighted by Crippen LogP contribution is -2.55. The molecule has 116 valence electrons. The smallest absolute Gasteiger partial charge is 0.410 e. The summed E-state index contributed by atoms with van der Waals surface area (Å²) in [5.74, 6) is -0.420. The van der Waals surface area contributed by atoms with Gasteiger partial charge in [0.2, 0.25) is 0 Å². The zero-order valence-corrected chi connectivity index (χ0v) is 12.9. The molecule has 0 spiro atoms. The van der Waals surface area contributed by atoms with Crippen LogP contribution in [-0.2, 0) is 14.3 Å². The zero-order chi connectivity index (χ0) is 15.6. The number of β-amino-alcohol motifs (C(OH)–C–C–N with tert-alkyl or cyclic N) is 1. The third-order valence-electron chi connectivity index (χ3n) is 3.42. The molecule has 0 radical (unpaired) electrons. The van der Waals surface area contributed by atoms with E-state index in [2.05, 4.69) is 0 Å². The van der Waals surface area contributed by atoms with Crippen LogP contribution in [0.2, 0.25) is 0 Å². The molecular weight excluding hydrogens is 262 g/mol. The third kappa shape index (κ3) is 3.85. The fraction of sp³-hybridized carbons (Fsp3) is 0.857. The van der Waals surface area contributed by atoms with Gasteiger partial charge in [0.15, 0.2) is 0 Å². The molecular formula is C14H25NO5. The molecule has 1 heterocycles. The van der Waals surface area contributed by atoms with Crippen LogP contribution < -0.4 is 0 Å². The highest BCUT2D eigenvalue weighted by Crippen LogP contribution is 2.33. The predicted octanol–water partition coefficient (Wildman–Crippen LogP) is 1.56. The summed E-state index contributed by atoms with van der Waals surface area (Å²) in [7, 11) is 0. The highest BCUT2D eigenvalue weighted by Gasteiger charge is 2.47. The third-order valence-corrected chi connectivity index (χ3v) is 3.42. The number of likely N-dealkylation sites (tertiary alicyclic amines) is 1. The molecule has 1 N–H and O–H groups in total. The van der Waals surface area contributed by atoms with Gasteiger partial charge in [0.05, 0.1) is 24.7 Å². The summed E-state index contributed by atoms with van der Waals surface area (Å²) in [6.07, 6.45) is -1.07. The highest BCUT2D eigenvalue weighted by atomic mass is 16.6. The van der Waals surface area contributed by atoms with Gasteiger partial charge in [-0.05, 0) is 41.0 Å². The fourth-order valence-corrected chi connectivity index (χ4v) is 2.06. The van der Waals surface area contributed by atoms with Gasteiger partial charge in [-0.15, -0.1) is 0 Å². The first-order valence-corrected chi connectivity index (χ1v) is 6.93. The molecule has 0 aromatic heterocycles. The summed E-state index contributed by atoms with van der Waals surface area (Å²) in [6.45, 7) is 9.46. The van der Waals surface area contributed by atoms with Gasteiger partial charge in [0, 0.05) is 6.54 Å². The molecule has 6 heteroatoms. The molecule has 0 bridgehead atoms. The van der Waals surface area contributed by atoms with Crippen LogP contribution in [0.5, 0.6) is 0 Å². The van der Waals surface area contributed by atoms with Crippen molar-refractivity contribution < 1.29 is 24.2 Å². The number of carbonyl (C=O) groups is 2. The van der Waals surface area contributed by atoms with Gasteiger partial charge in [-0.2, -0.15) is 0 Å². The van der Waals surface area contributed by atoms with Crippen molar-refractivity contribution in [2.75, 3.05) is 19.7 Å². The number of carbonyl (C=O) groups excluding carboxylic acids is 2. The molecule has 0 aromatic carbocycles. The average molecular weight is 287 g/mol. The first-order valence-electron chi connectivity index (χ1n) is 6.93. The van der Waals surface area contributed by atoms with Gasteiger partial charge in [0.1, 0.15) is 5.60 Å². The van der Waals surface area contributed by atoms with E-state index in [4.69, 9.17) is 9.47 Å². The normalized spacial score (nSPS) is 27.1. The van der Waals surface area contributed by atoms with Crippen molar-refractivity contribution >= 4 is 12.1 Å². The van der Waals surface area contributed by atoms with Crippen molar-refractivity contribution in [3.05, 3.63) is 0 Å². The van der Waals surface area contributed by atoms with E-state index >= 15 is 0 Å². The van der Waals surface area contributed by atoms with Crippen LogP contribution in [0.3, 0.4) is 0 Å². The molecule has 1 rings (SSSR count). The second-order valence-electron chi connectivity index (χ2n) is 6.33. The molecule has 0 saturated carbocycles. The van der Waals surface area contributed by atoms with E-state index in [9.17, 15) is 14.7 Å². The van der Waals surface area contributed by atoms with Crippen molar-refractivity contribution in [2.45, 2.75) is 52.7 Å². The first-order chi connectivity index (χ1) is 9.10. The van der Waals surface area contributed by atoms with Gasteiger partial charge in [0.25, 0.3) is 0 Å². The fourth-order valence-electron chi connectivity index (χ4n) is 2.06. The number of rotatable bonds is 2. The Kier molecular flexibility index (Phi) is 5.02. The van der Waals surface area contributed by atoms with E-state index < -0.39 is 29.2 Å². The Morgan fingerprint density at radius 2 is 2.00 bits per heavy atom. The maximum Gasteiger partial charge on any atom is 0.410 e. The van der Waals surface area contributed by atoms with Crippen LogP contribution in [0, 0.1) is 5.41 Å². The van der Waals surface area contributed by atoms with Crippen molar-refractivity contribution in [1.29, 1.82) is 0 Å². The molecule has 20 heavy (non-hydrogen) atoms. The number of esters is 1. The van der Waals surface area contributed by atoms with E-state index in [0.717, 1.165) is 0 Å². The summed E-state index contributed by atoms with van der Waals surface area (Å²) >= 11 is 0. The van der Waals surface area contributed by atoms with E-state index in [0.29, 0.717) is 13.0 Å². The summed E-state index contributed by atoms with van der Waals surface area (Å²) in [6, 6.07) is 0. The van der Waals surface area contributed by atoms with Crippen molar-refractivity contribution in [1.82, 2.24) is 4.90 Å². The Labute approximate surface area is 120 Å². The van der Waals surface area contributed by atoms with E-state index in [1.807, 2.05) is 0 Å². The number of aliphatic hydroxyl groups is 1. The van der Waals surface area contributed by atoms with Crippen LogP contribution in [0.4, 0.5) is 4.79 Å². The molecule has 6 nitrogen and oxygen atoms in total. The Bertz CT molecular complexity index is 376. The summed E-state index contributed by atoms with van der Waals surface area (Å²) < 4.78 is 10.3. The van der Waals surface area contributed by atoms with Crippen LogP contribution >= 0.6 is 0 Å². The Morgan fingerprint density at radius 1 is 1.40 bits per heavy atom. The Morgan fingerprint density at radius 3 is 2.45 bits per heavy atom. The lowest BCUT2D eigenvalue weighted by atomic mass is 9.78. The minimum atomic E-state index is -0.964. The lowest BCUT2D eigenvalue weighted by molar-refractivity contribution is -0.166. The SMILES string of the molecule is CCOC(=O)[C@@]1(C)CCN(C(=O)OC(C)(C)C)C[C@@H]1O. The standard InChI is InChI=1S/C14H25NO5/c1-6-19-11(17)14(5)7-8-15(9-10(14)16)12(18)20-13(2,3)4/h10,16H,6-9H2,1-5H3/t10-,14-/m0/s1. The number of amides is 1. The van der Waals surface area contributed by atoms with Crippen LogP contribution in [0.1, 0.15) is 41.0 Å². The molecule has 0 aliphatic carbocycles. The maximum atomic E-state index is 11.9. The molecule has 0 aromatic rings. The van der Waals surface area contributed by atoms with Gasteiger partial charge in [-0.1, -0.05) is 0 Å². The van der Waals surface area contributed by atoms with Gasteiger partial charge >= 0.3 is 12.1 Å². The van der Waals surface area contributed by atoms with Crippen molar-refractivity contribution in [3.63, 3.8) is 0 Å². The lowest BCUT2D eigenvalue weighted by Gasteiger charge is -2.41. The van der Waals surface area contributed by atoms with Crippen LogP contribution in [0.15, 0.2) is 0 Å². The van der Waals surface area contributed by atoms with Gasteiger partial charge < -0.3 is 19.5 Å². The molecule has 1 amide bonds. The Balaban J connectivity index is 2.68. The van der Waals surface area contributed by atoms with E-state index in [1.54, 1.807) is 34.6 Å².